The molecule has 2 aliphatic rings. The van der Waals surface area contributed by atoms with Crippen LogP contribution in [0.25, 0.3) is 0 Å². The summed E-state index contributed by atoms with van der Waals surface area (Å²) in [6, 6.07) is 7.67. The lowest BCUT2D eigenvalue weighted by Gasteiger charge is -2.29. The van der Waals surface area contributed by atoms with Gasteiger partial charge < -0.3 is 10.2 Å². The third-order valence-electron chi connectivity index (χ3n) is 4.55. The number of para-hydroxylation sites is 1. The van der Waals surface area contributed by atoms with Crippen molar-refractivity contribution in [3.63, 3.8) is 0 Å². The zero-order valence-corrected chi connectivity index (χ0v) is 14.6. The zero-order valence-electron chi connectivity index (χ0n) is 13.7. The van der Waals surface area contributed by atoms with E-state index < -0.39 is 10.1 Å². The van der Waals surface area contributed by atoms with E-state index in [-0.39, 0.29) is 24.2 Å². The van der Waals surface area contributed by atoms with Crippen LogP contribution in [0.1, 0.15) is 24.8 Å². The number of carbonyl (C=O) groups excluding carboxylic acids is 1. The Balaban J connectivity index is 1.60. The minimum Gasteiger partial charge on any atom is -0.316 e. The van der Waals surface area contributed by atoms with Gasteiger partial charge >= 0.3 is 0 Å². The molecule has 0 aromatic heterocycles. The van der Waals surface area contributed by atoms with Crippen molar-refractivity contribution in [2.24, 2.45) is 5.92 Å². The van der Waals surface area contributed by atoms with E-state index in [0.29, 0.717) is 12.8 Å². The number of nitrogens with one attached hydrogen (secondary N) is 1. The topological polar surface area (TPSA) is 75.7 Å². The maximum Gasteiger partial charge on any atom is 0.267 e. The molecule has 3 rings (SSSR count). The maximum absolute atomic E-state index is 12.1. The predicted molar refractivity (Wildman–Crippen MR) is 92.4 cm³/mol. The van der Waals surface area contributed by atoms with Gasteiger partial charge in [-0.2, -0.15) is 8.42 Å². The Morgan fingerprint density at radius 1 is 1.21 bits per heavy atom. The minimum atomic E-state index is -3.48. The molecule has 2 aliphatic heterocycles. The van der Waals surface area contributed by atoms with Crippen molar-refractivity contribution in [3.05, 3.63) is 29.8 Å². The van der Waals surface area contributed by atoms with E-state index in [4.69, 9.17) is 4.18 Å². The first-order valence-corrected chi connectivity index (χ1v) is 10.1. The van der Waals surface area contributed by atoms with Gasteiger partial charge in [0.05, 0.1) is 12.4 Å². The molecule has 24 heavy (non-hydrogen) atoms. The molecule has 1 aromatic carbocycles. The Kier molecular flexibility index (Phi) is 5.53. The highest BCUT2D eigenvalue weighted by atomic mass is 32.2. The van der Waals surface area contributed by atoms with Gasteiger partial charge in [-0.1, -0.05) is 18.2 Å². The molecule has 1 amide bonds. The van der Waals surface area contributed by atoms with Gasteiger partial charge in [0, 0.05) is 37.7 Å². The maximum atomic E-state index is 12.1. The first kappa shape index (κ1) is 17.4. The molecule has 0 saturated carbocycles. The third kappa shape index (κ3) is 4.34. The SMILES string of the molecule is O=C1CCCCN1c1ccccc1CCOS(=O)(=O)CC1CNC1. The van der Waals surface area contributed by atoms with Crippen molar-refractivity contribution in [3.8, 4) is 0 Å². The summed E-state index contributed by atoms with van der Waals surface area (Å²) in [5, 5.41) is 3.06. The normalized spacial score (nSPS) is 19.3. The summed E-state index contributed by atoms with van der Waals surface area (Å²) in [6.07, 6.45) is 2.99. The van der Waals surface area contributed by atoms with Gasteiger partial charge in [0.1, 0.15) is 0 Å². The summed E-state index contributed by atoms with van der Waals surface area (Å²) < 4.78 is 29.0. The lowest BCUT2D eigenvalue weighted by molar-refractivity contribution is -0.119. The van der Waals surface area contributed by atoms with Crippen molar-refractivity contribution < 1.29 is 17.4 Å². The van der Waals surface area contributed by atoms with Crippen molar-refractivity contribution in [1.82, 2.24) is 5.32 Å². The van der Waals surface area contributed by atoms with E-state index in [0.717, 1.165) is 43.7 Å². The molecular formula is C17H24N2O4S. The van der Waals surface area contributed by atoms with E-state index in [9.17, 15) is 13.2 Å². The van der Waals surface area contributed by atoms with Crippen LogP contribution in [0.5, 0.6) is 0 Å². The van der Waals surface area contributed by atoms with E-state index in [1.807, 2.05) is 29.2 Å². The largest absolute Gasteiger partial charge is 0.316 e. The molecule has 2 fully saturated rings. The second-order valence-corrected chi connectivity index (χ2v) is 8.14. The van der Waals surface area contributed by atoms with Crippen molar-refractivity contribution >= 4 is 21.7 Å². The highest BCUT2D eigenvalue weighted by Crippen LogP contribution is 2.25. The Morgan fingerprint density at radius 3 is 2.71 bits per heavy atom. The van der Waals surface area contributed by atoms with Crippen molar-refractivity contribution in [2.45, 2.75) is 25.7 Å². The van der Waals surface area contributed by atoms with E-state index in [1.54, 1.807) is 0 Å². The molecular weight excluding hydrogens is 328 g/mol. The van der Waals surface area contributed by atoms with Gasteiger partial charge in [-0.05, 0) is 30.9 Å². The summed E-state index contributed by atoms with van der Waals surface area (Å²) >= 11 is 0. The summed E-state index contributed by atoms with van der Waals surface area (Å²) in [5.74, 6) is 0.375. The van der Waals surface area contributed by atoms with E-state index in [2.05, 4.69) is 5.32 Å². The Morgan fingerprint density at radius 2 is 2.00 bits per heavy atom. The standard InChI is InChI=1S/C17H24N2O4S/c20-17-7-3-4-9-19(17)16-6-2-1-5-15(16)8-10-23-24(21,22)13-14-11-18-12-14/h1-2,5-6,14,18H,3-4,7-13H2. The molecule has 132 valence electrons. The van der Waals surface area contributed by atoms with Gasteiger partial charge in [0.25, 0.3) is 10.1 Å². The number of nitrogens with zero attached hydrogens (tertiary/aromatic N) is 1. The lowest BCUT2D eigenvalue weighted by Crippen LogP contribution is -2.45. The zero-order chi connectivity index (χ0) is 17.0. The molecule has 7 heteroatoms. The van der Waals surface area contributed by atoms with E-state index in [1.165, 1.54) is 0 Å². The number of benzene rings is 1. The van der Waals surface area contributed by atoms with Crippen molar-refractivity contribution in [2.75, 3.05) is 36.9 Å². The van der Waals surface area contributed by atoms with E-state index >= 15 is 0 Å². The molecule has 0 unspecified atom stereocenters. The molecule has 1 N–H and O–H groups in total. The van der Waals surface area contributed by atoms with Gasteiger partial charge in [-0.25, -0.2) is 0 Å². The molecule has 2 saturated heterocycles. The van der Waals surface area contributed by atoms with Crippen LogP contribution in [-0.4, -0.2) is 46.3 Å². The van der Waals surface area contributed by atoms with Crippen LogP contribution in [0.15, 0.2) is 24.3 Å². The Bertz CT molecular complexity index is 686. The predicted octanol–water partition coefficient (Wildman–Crippen LogP) is 1.31. The third-order valence-corrected chi connectivity index (χ3v) is 5.95. The molecule has 0 bridgehead atoms. The summed E-state index contributed by atoms with van der Waals surface area (Å²) in [5.41, 5.74) is 1.83. The van der Waals surface area contributed by atoms with Gasteiger partial charge in [-0.15, -0.1) is 0 Å². The number of amides is 1. The first-order valence-electron chi connectivity index (χ1n) is 8.51. The molecule has 0 atom stereocenters. The highest BCUT2D eigenvalue weighted by Gasteiger charge is 2.25. The summed E-state index contributed by atoms with van der Waals surface area (Å²) in [6.45, 7) is 2.32. The molecule has 1 aromatic rings. The second-order valence-electron chi connectivity index (χ2n) is 6.45. The smallest absolute Gasteiger partial charge is 0.267 e. The fraction of sp³-hybridized carbons (Fsp3) is 0.588. The van der Waals surface area contributed by atoms with Crippen LogP contribution in [0.3, 0.4) is 0 Å². The van der Waals surface area contributed by atoms with Gasteiger partial charge in [0.2, 0.25) is 5.91 Å². The Hall–Kier alpha value is -1.44. The van der Waals surface area contributed by atoms with Crippen LogP contribution in [-0.2, 0) is 25.5 Å². The molecule has 2 heterocycles. The number of carbonyl (C=O) groups is 1. The van der Waals surface area contributed by atoms with Crippen LogP contribution in [0.2, 0.25) is 0 Å². The summed E-state index contributed by atoms with van der Waals surface area (Å²) in [4.78, 5) is 13.9. The fourth-order valence-corrected chi connectivity index (χ4v) is 4.37. The number of hydrogen-bond acceptors (Lipinski definition) is 5. The minimum absolute atomic E-state index is 0.0757. The van der Waals surface area contributed by atoms with Gasteiger partial charge in [-0.3, -0.25) is 8.98 Å². The fourth-order valence-electron chi connectivity index (χ4n) is 3.13. The Labute approximate surface area is 143 Å². The lowest BCUT2D eigenvalue weighted by atomic mass is 10.0. The average Bonchev–Trinajstić information content (AvgIpc) is 2.52. The molecule has 0 spiro atoms. The molecule has 0 radical (unpaired) electrons. The molecule has 6 nitrogen and oxygen atoms in total. The van der Waals surface area contributed by atoms with Crippen molar-refractivity contribution in [1.29, 1.82) is 0 Å². The van der Waals surface area contributed by atoms with Crippen LogP contribution in [0.4, 0.5) is 5.69 Å². The number of piperidine rings is 1. The van der Waals surface area contributed by atoms with Crippen LogP contribution < -0.4 is 10.2 Å². The first-order chi connectivity index (χ1) is 11.6. The van der Waals surface area contributed by atoms with Crippen LogP contribution >= 0.6 is 0 Å². The second kappa shape index (κ2) is 7.63. The molecule has 0 aliphatic carbocycles. The summed E-state index contributed by atoms with van der Waals surface area (Å²) in [7, 11) is -3.48. The number of anilines is 1. The number of hydrogen-bond donors (Lipinski definition) is 1. The van der Waals surface area contributed by atoms with Gasteiger partial charge in [0.15, 0.2) is 0 Å². The van der Waals surface area contributed by atoms with Crippen LogP contribution in [0, 0.1) is 5.92 Å². The average molecular weight is 352 g/mol. The quantitative estimate of drug-likeness (QED) is 0.749. The monoisotopic (exact) mass is 352 g/mol. The number of rotatable bonds is 7. The highest BCUT2D eigenvalue weighted by molar-refractivity contribution is 7.86.